The van der Waals surface area contributed by atoms with Gasteiger partial charge in [0.15, 0.2) is 5.96 Å². The van der Waals surface area contributed by atoms with Crippen molar-refractivity contribution in [2.75, 3.05) is 33.2 Å². The lowest BCUT2D eigenvalue weighted by atomic mass is 9.92. The van der Waals surface area contributed by atoms with Crippen molar-refractivity contribution in [2.24, 2.45) is 16.8 Å². The van der Waals surface area contributed by atoms with Crippen LogP contribution >= 0.6 is 35.3 Å². The number of nitrogens with zero attached hydrogens (tertiary/aromatic N) is 3. The minimum absolute atomic E-state index is 0. The lowest BCUT2D eigenvalue weighted by Gasteiger charge is -2.35. The smallest absolute Gasteiger partial charge is 0.191 e. The van der Waals surface area contributed by atoms with Crippen LogP contribution in [0.1, 0.15) is 30.2 Å². The molecule has 7 heteroatoms. The Morgan fingerprint density at radius 1 is 1.35 bits per heavy atom. The fraction of sp³-hybridized carbons (Fsp3) is 0.750. The number of likely N-dealkylation sites (tertiary alicyclic amines) is 1. The van der Waals surface area contributed by atoms with Gasteiger partial charge in [-0.2, -0.15) is 0 Å². The normalized spacial score (nSPS) is 22.5. The van der Waals surface area contributed by atoms with Crippen molar-refractivity contribution in [2.45, 2.75) is 33.7 Å². The number of guanidine groups is 1. The van der Waals surface area contributed by atoms with Crippen LogP contribution in [0, 0.1) is 18.8 Å². The van der Waals surface area contributed by atoms with E-state index in [1.165, 1.54) is 24.4 Å². The van der Waals surface area contributed by atoms with E-state index >= 15 is 0 Å². The average Bonchev–Trinajstić information content (AvgIpc) is 2.87. The van der Waals surface area contributed by atoms with Crippen molar-refractivity contribution >= 4 is 41.3 Å². The average molecular weight is 451 g/mol. The molecule has 1 aliphatic heterocycles. The van der Waals surface area contributed by atoms with E-state index in [2.05, 4.69) is 46.3 Å². The summed E-state index contributed by atoms with van der Waals surface area (Å²) in [5.74, 6) is 2.48. The molecule has 2 atom stereocenters. The molecule has 0 saturated carbocycles. The molecule has 0 aliphatic carbocycles. The molecule has 1 aromatic rings. The van der Waals surface area contributed by atoms with E-state index in [0.29, 0.717) is 0 Å². The zero-order valence-corrected chi connectivity index (χ0v) is 17.8. The van der Waals surface area contributed by atoms with Crippen LogP contribution in [0.3, 0.4) is 0 Å². The summed E-state index contributed by atoms with van der Waals surface area (Å²) in [7, 11) is 1.81. The van der Waals surface area contributed by atoms with Gasteiger partial charge >= 0.3 is 0 Å². The standard InChI is InChI=1S/C16H29N5S.HI/c1-12-7-13(2)11-21(10-12)6-5-18-16(17-4)20-9-15-19-8-14(3)22-15;/h8,12-13H,5-7,9-11H2,1-4H3,(H2,17,18,20);1H. The van der Waals surface area contributed by atoms with Crippen LogP contribution in [0.15, 0.2) is 11.2 Å². The second kappa shape index (κ2) is 10.5. The van der Waals surface area contributed by atoms with Crippen LogP contribution in [0.25, 0.3) is 0 Å². The molecule has 0 radical (unpaired) electrons. The number of aliphatic imine (C=N–C) groups is 1. The van der Waals surface area contributed by atoms with E-state index in [0.717, 1.165) is 42.4 Å². The van der Waals surface area contributed by atoms with Crippen LogP contribution in [-0.2, 0) is 6.54 Å². The third-order valence-electron chi connectivity index (χ3n) is 3.96. The first-order valence-electron chi connectivity index (χ1n) is 8.15. The summed E-state index contributed by atoms with van der Waals surface area (Å²) in [5.41, 5.74) is 0. The molecule has 2 heterocycles. The van der Waals surface area contributed by atoms with Gasteiger partial charge in [-0.1, -0.05) is 13.8 Å². The SMILES string of the molecule is CN=C(NCCN1CC(C)CC(C)C1)NCc1ncc(C)s1.I. The molecule has 2 unspecified atom stereocenters. The minimum atomic E-state index is 0. The van der Waals surface area contributed by atoms with E-state index in [-0.39, 0.29) is 24.0 Å². The Morgan fingerprint density at radius 3 is 2.61 bits per heavy atom. The van der Waals surface area contributed by atoms with Crippen molar-refractivity contribution in [3.63, 3.8) is 0 Å². The molecule has 1 fully saturated rings. The molecule has 2 N–H and O–H groups in total. The van der Waals surface area contributed by atoms with Gasteiger partial charge in [-0.3, -0.25) is 4.99 Å². The second-order valence-electron chi connectivity index (χ2n) is 6.42. The lowest BCUT2D eigenvalue weighted by Crippen LogP contribution is -2.45. The minimum Gasteiger partial charge on any atom is -0.355 e. The highest BCUT2D eigenvalue weighted by Gasteiger charge is 2.21. The van der Waals surface area contributed by atoms with Crippen LogP contribution < -0.4 is 10.6 Å². The number of aromatic nitrogens is 1. The van der Waals surface area contributed by atoms with Crippen LogP contribution in [0.5, 0.6) is 0 Å². The fourth-order valence-corrected chi connectivity index (χ4v) is 3.90. The monoisotopic (exact) mass is 451 g/mol. The van der Waals surface area contributed by atoms with E-state index in [1.807, 2.05) is 13.2 Å². The molecule has 0 bridgehead atoms. The molecule has 23 heavy (non-hydrogen) atoms. The van der Waals surface area contributed by atoms with E-state index in [4.69, 9.17) is 0 Å². The molecule has 0 spiro atoms. The maximum absolute atomic E-state index is 4.36. The molecule has 1 aromatic heterocycles. The first-order valence-corrected chi connectivity index (χ1v) is 8.96. The highest BCUT2D eigenvalue weighted by molar-refractivity contribution is 14.0. The highest BCUT2D eigenvalue weighted by atomic mass is 127. The number of halogens is 1. The summed E-state index contributed by atoms with van der Waals surface area (Å²) in [6.45, 7) is 12.0. The topological polar surface area (TPSA) is 52.6 Å². The van der Waals surface area contributed by atoms with Gasteiger partial charge in [-0.05, 0) is 25.2 Å². The molecule has 2 rings (SSSR count). The quantitative estimate of drug-likeness (QED) is 0.411. The summed E-state index contributed by atoms with van der Waals surface area (Å²) in [6.07, 6.45) is 3.27. The van der Waals surface area contributed by atoms with Crippen LogP contribution in [-0.4, -0.2) is 49.1 Å². The molecule has 5 nitrogen and oxygen atoms in total. The Balaban J connectivity index is 0.00000264. The molecule has 1 saturated heterocycles. The number of hydrogen-bond acceptors (Lipinski definition) is 4. The third-order valence-corrected chi connectivity index (χ3v) is 4.88. The Hall–Kier alpha value is -0.410. The molecule has 0 amide bonds. The zero-order chi connectivity index (χ0) is 15.9. The van der Waals surface area contributed by atoms with Gasteiger partial charge in [0.2, 0.25) is 0 Å². The van der Waals surface area contributed by atoms with Crippen LogP contribution in [0.2, 0.25) is 0 Å². The third kappa shape index (κ3) is 7.34. The van der Waals surface area contributed by atoms with Crippen molar-refractivity contribution in [1.82, 2.24) is 20.5 Å². The lowest BCUT2D eigenvalue weighted by molar-refractivity contribution is 0.143. The van der Waals surface area contributed by atoms with Crippen molar-refractivity contribution in [1.29, 1.82) is 0 Å². The van der Waals surface area contributed by atoms with E-state index in [1.54, 1.807) is 11.3 Å². The van der Waals surface area contributed by atoms with Gasteiger partial charge in [0, 0.05) is 44.3 Å². The zero-order valence-electron chi connectivity index (χ0n) is 14.6. The number of thiazole rings is 1. The molecule has 132 valence electrons. The first-order chi connectivity index (χ1) is 10.6. The van der Waals surface area contributed by atoms with Crippen molar-refractivity contribution < 1.29 is 0 Å². The van der Waals surface area contributed by atoms with Crippen molar-refractivity contribution in [3.8, 4) is 0 Å². The molecule has 0 aromatic carbocycles. The predicted octanol–water partition coefficient (Wildman–Crippen LogP) is 2.71. The summed E-state index contributed by atoms with van der Waals surface area (Å²) >= 11 is 1.72. The van der Waals surface area contributed by atoms with Crippen molar-refractivity contribution in [3.05, 3.63) is 16.1 Å². The first kappa shape index (κ1) is 20.6. The van der Waals surface area contributed by atoms with Gasteiger partial charge in [0.25, 0.3) is 0 Å². The summed E-state index contributed by atoms with van der Waals surface area (Å²) in [6, 6.07) is 0. The number of nitrogens with one attached hydrogen (secondary N) is 2. The maximum atomic E-state index is 4.36. The predicted molar refractivity (Wildman–Crippen MR) is 110 cm³/mol. The van der Waals surface area contributed by atoms with E-state index in [9.17, 15) is 0 Å². The fourth-order valence-electron chi connectivity index (χ4n) is 3.17. The number of piperidine rings is 1. The summed E-state index contributed by atoms with van der Waals surface area (Å²) < 4.78 is 0. The molecular formula is C16H30IN5S. The van der Waals surface area contributed by atoms with E-state index < -0.39 is 0 Å². The highest BCUT2D eigenvalue weighted by Crippen LogP contribution is 2.20. The Labute approximate surface area is 161 Å². The Bertz CT molecular complexity index is 481. The second-order valence-corrected chi connectivity index (χ2v) is 7.74. The van der Waals surface area contributed by atoms with Gasteiger partial charge in [-0.15, -0.1) is 35.3 Å². The van der Waals surface area contributed by atoms with Gasteiger partial charge in [-0.25, -0.2) is 4.98 Å². The Morgan fingerprint density at radius 2 is 2.04 bits per heavy atom. The summed E-state index contributed by atoms with van der Waals surface area (Å²) in [4.78, 5) is 12.4. The molecule has 1 aliphatic rings. The van der Waals surface area contributed by atoms with Gasteiger partial charge in [0.05, 0.1) is 6.54 Å². The number of aryl methyl sites for hydroxylation is 1. The number of hydrogen-bond donors (Lipinski definition) is 2. The largest absolute Gasteiger partial charge is 0.355 e. The number of rotatable bonds is 5. The van der Waals surface area contributed by atoms with Gasteiger partial charge < -0.3 is 15.5 Å². The maximum Gasteiger partial charge on any atom is 0.191 e. The van der Waals surface area contributed by atoms with Crippen LogP contribution in [0.4, 0.5) is 0 Å². The summed E-state index contributed by atoms with van der Waals surface area (Å²) in [5, 5.41) is 7.82. The molecular weight excluding hydrogens is 421 g/mol. The Kier molecular flexibility index (Phi) is 9.38. The van der Waals surface area contributed by atoms with Gasteiger partial charge in [0.1, 0.15) is 5.01 Å².